The quantitative estimate of drug-likeness (QED) is 0.692. The van der Waals surface area contributed by atoms with Crippen LogP contribution in [0.4, 0.5) is 4.79 Å². The molecule has 1 fully saturated rings. The average molecular weight is 229 g/mol. The Morgan fingerprint density at radius 3 is 2.65 bits per heavy atom. The molecule has 4 heteroatoms. The number of fused-ring (bicyclic) bond motifs is 2. The number of rotatable bonds is 1. The first-order chi connectivity index (χ1) is 8.25. The van der Waals surface area contributed by atoms with Crippen molar-refractivity contribution in [1.82, 2.24) is 4.90 Å². The highest BCUT2D eigenvalue weighted by molar-refractivity contribution is 5.98. The molecule has 1 saturated heterocycles. The van der Waals surface area contributed by atoms with Crippen molar-refractivity contribution >= 4 is 12.0 Å². The molecular formula is C13H11NO3. The van der Waals surface area contributed by atoms with Gasteiger partial charge in [-0.1, -0.05) is 30.4 Å². The highest BCUT2D eigenvalue weighted by atomic mass is 16.6. The van der Waals surface area contributed by atoms with Gasteiger partial charge in [-0.2, -0.15) is 0 Å². The van der Waals surface area contributed by atoms with E-state index in [1.165, 1.54) is 4.90 Å². The first-order valence-corrected chi connectivity index (χ1v) is 5.54. The maximum absolute atomic E-state index is 11.9. The molecule has 1 aromatic carbocycles. The van der Waals surface area contributed by atoms with E-state index >= 15 is 0 Å². The molecule has 0 aromatic heterocycles. The third-order valence-electron chi connectivity index (χ3n) is 3.09. The number of imide groups is 1. The second-order valence-electron chi connectivity index (χ2n) is 4.18. The molecule has 2 aliphatic rings. The molecular weight excluding hydrogens is 218 g/mol. The van der Waals surface area contributed by atoms with Crippen LogP contribution in [0.5, 0.6) is 5.75 Å². The van der Waals surface area contributed by atoms with E-state index in [0.717, 1.165) is 0 Å². The molecule has 86 valence electrons. The predicted molar refractivity (Wildman–Crippen MR) is 60.3 cm³/mol. The highest BCUT2D eigenvalue weighted by Crippen LogP contribution is 2.33. The summed E-state index contributed by atoms with van der Waals surface area (Å²) in [5.74, 6) is 0.166. The van der Waals surface area contributed by atoms with Crippen LogP contribution in [0.25, 0.3) is 0 Å². The average Bonchev–Trinajstić information content (AvgIpc) is 2.90. The van der Waals surface area contributed by atoms with Crippen LogP contribution < -0.4 is 4.74 Å². The molecule has 2 amide bonds. The Hall–Kier alpha value is -2.10. The topological polar surface area (TPSA) is 46.6 Å². The van der Waals surface area contributed by atoms with Crippen LogP contribution in [0.2, 0.25) is 0 Å². The summed E-state index contributed by atoms with van der Waals surface area (Å²) >= 11 is 0. The van der Waals surface area contributed by atoms with Gasteiger partial charge in [-0.25, -0.2) is 9.69 Å². The summed E-state index contributed by atoms with van der Waals surface area (Å²) in [5.41, 5.74) is 0. The van der Waals surface area contributed by atoms with Crippen molar-refractivity contribution in [1.29, 1.82) is 0 Å². The smallest absolute Gasteiger partial charge is 0.410 e. The maximum Gasteiger partial charge on any atom is 0.422 e. The van der Waals surface area contributed by atoms with Gasteiger partial charge in [-0.05, 0) is 18.6 Å². The fourth-order valence-electron chi connectivity index (χ4n) is 2.26. The van der Waals surface area contributed by atoms with Crippen LogP contribution in [-0.2, 0) is 4.79 Å². The number of nitrogens with zero attached hydrogens (tertiary/aromatic N) is 1. The number of hydrogen-bond acceptors (Lipinski definition) is 3. The second kappa shape index (κ2) is 3.73. The van der Waals surface area contributed by atoms with Crippen LogP contribution in [0.3, 0.4) is 0 Å². The fourth-order valence-corrected chi connectivity index (χ4v) is 2.26. The van der Waals surface area contributed by atoms with Crippen molar-refractivity contribution in [3.05, 3.63) is 42.5 Å². The normalized spacial score (nSPS) is 25.4. The number of likely N-dealkylation sites (tertiary alicyclic amines) is 1. The van der Waals surface area contributed by atoms with Gasteiger partial charge in [-0.3, -0.25) is 4.79 Å². The largest absolute Gasteiger partial charge is 0.422 e. The SMILES string of the molecule is O=C(Oc1ccccc1)N1C(=O)[C@H]2C=C[C@@H]1C2. The zero-order valence-corrected chi connectivity index (χ0v) is 9.08. The summed E-state index contributed by atoms with van der Waals surface area (Å²) in [6.07, 6.45) is 3.86. The minimum absolute atomic E-state index is 0.122. The third kappa shape index (κ3) is 1.62. The summed E-state index contributed by atoms with van der Waals surface area (Å²) in [6, 6.07) is 8.65. The lowest BCUT2D eigenvalue weighted by Gasteiger charge is -2.21. The lowest BCUT2D eigenvalue weighted by atomic mass is 10.1. The first kappa shape index (κ1) is 10.1. The van der Waals surface area contributed by atoms with Gasteiger partial charge in [0.15, 0.2) is 0 Å². The molecule has 0 N–H and O–H groups in total. The summed E-state index contributed by atoms with van der Waals surface area (Å²) in [6.45, 7) is 0. The van der Waals surface area contributed by atoms with E-state index in [4.69, 9.17) is 4.74 Å². The van der Waals surface area contributed by atoms with Crippen molar-refractivity contribution in [3.8, 4) is 5.75 Å². The monoisotopic (exact) mass is 229 g/mol. The highest BCUT2D eigenvalue weighted by Gasteiger charge is 2.45. The summed E-state index contributed by atoms with van der Waals surface area (Å²) < 4.78 is 5.15. The minimum Gasteiger partial charge on any atom is -0.410 e. The third-order valence-corrected chi connectivity index (χ3v) is 3.09. The van der Waals surface area contributed by atoms with Crippen LogP contribution in [-0.4, -0.2) is 22.9 Å². The van der Waals surface area contributed by atoms with Crippen molar-refractivity contribution in [2.24, 2.45) is 5.92 Å². The zero-order chi connectivity index (χ0) is 11.8. The van der Waals surface area contributed by atoms with Crippen molar-refractivity contribution < 1.29 is 14.3 Å². The second-order valence-corrected chi connectivity index (χ2v) is 4.18. The molecule has 1 aliphatic carbocycles. The lowest BCUT2D eigenvalue weighted by Crippen LogP contribution is -2.41. The zero-order valence-electron chi connectivity index (χ0n) is 9.08. The first-order valence-electron chi connectivity index (χ1n) is 5.54. The molecule has 0 spiro atoms. The van der Waals surface area contributed by atoms with Crippen LogP contribution in [0.1, 0.15) is 6.42 Å². The van der Waals surface area contributed by atoms with Gasteiger partial charge in [0.05, 0.1) is 12.0 Å². The van der Waals surface area contributed by atoms with E-state index < -0.39 is 6.09 Å². The molecule has 4 nitrogen and oxygen atoms in total. The van der Waals surface area contributed by atoms with E-state index in [0.29, 0.717) is 12.2 Å². The summed E-state index contributed by atoms with van der Waals surface area (Å²) in [7, 11) is 0. The molecule has 17 heavy (non-hydrogen) atoms. The Morgan fingerprint density at radius 2 is 2.00 bits per heavy atom. The summed E-state index contributed by atoms with van der Waals surface area (Å²) in [4.78, 5) is 24.8. The van der Waals surface area contributed by atoms with Gasteiger partial charge in [0.25, 0.3) is 0 Å². The van der Waals surface area contributed by atoms with Gasteiger partial charge < -0.3 is 4.74 Å². The molecule has 2 bridgehead atoms. The van der Waals surface area contributed by atoms with E-state index in [2.05, 4.69) is 0 Å². The van der Waals surface area contributed by atoms with E-state index in [9.17, 15) is 9.59 Å². The lowest BCUT2D eigenvalue weighted by molar-refractivity contribution is -0.128. The van der Waals surface area contributed by atoms with Gasteiger partial charge in [-0.15, -0.1) is 0 Å². The number of hydrogen-bond donors (Lipinski definition) is 0. The number of carbonyl (C=O) groups is 2. The molecule has 3 rings (SSSR count). The number of para-hydroxylation sites is 1. The molecule has 0 unspecified atom stereocenters. The Morgan fingerprint density at radius 1 is 1.24 bits per heavy atom. The van der Waals surface area contributed by atoms with E-state index in [1.807, 2.05) is 18.2 Å². The number of ether oxygens (including phenoxy) is 1. The van der Waals surface area contributed by atoms with E-state index in [-0.39, 0.29) is 17.9 Å². The van der Waals surface area contributed by atoms with Crippen molar-refractivity contribution in [3.63, 3.8) is 0 Å². The Balaban J connectivity index is 1.76. The molecule has 0 saturated carbocycles. The Labute approximate surface area is 98.5 Å². The van der Waals surface area contributed by atoms with Gasteiger partial charge in [0.1, 0.15) is 5.75 Å². The van der Waals surface area contributed by atoms with Crippen molar-refractivity contribution in [2.45, 2.75) is 12.5 Å². The number of benzene rings is 1. The molecule has 2 atom stereocenters. The summed E-state index contributed by atoms with van der Waals surface area (Å²) in [5, 5.41) is 0. The molecule has 1 aliphatic heterocycles. The van der Waals surface area contributed by atoms with Gasteiger partial charge in [0, 0.05) is 0 Å². The Bertz CT molecular complexity index is 495. The van der Waals surface area contributed by atoms with Crippen LogP contribution >= 0.6 is 0 Å². The molecule has 1 aromatic rings. The Kier molecular flexibility index (Phi) is 2.21. The number of amides is 2. The van der Waals surface area contributed by atoms with Gasteiger partial charge in [0.2, 0.25) is 5.91 Å². The van der Waals surface area contributed by atoms with Crippen LogP contribution in [0.15, 0.2) is 42.5 Å². The fraction of sp³-hybridized carbons (Fsp3) is 0.231. The standard InChI is InChI=1S/C13H11NO3/c15-12-9-6-7-10(8-9)14(12)13(16)17-11-4-2-1-3-5-11/h1-7,9-10H,8H2/t9-,10+/m0/s1. The van der Waals surface area contributed by atoms with Crippen molar-refractivity contribution in [2.75, 3.05) is 0 Å². The van der Waals surface area contributed by atoms with Gasteiger partial charge >= 0.3 is 6.09 Å². The predicted octanol–water partition coefficient (Wildman–Crippen LogP) is 1.97. The minimum atomic E-state index is -0.585. The maximum atomic E-state index is 11.9. The van der Waals surface area contributed by atoms with E-state index in [1.54, 1.807) is 24.3 Å². The van der Waals surface area contributed by atoms with Crippen LogP contribution in [0, 0.1) is 5.92 Å². The number of carbonyl (C=O) groups excluding carboxylic acids is 2. The molecule has 1 heterocycles. The molecule has 0 radical (unpaired) electrons.